The summed E-state index contributed by atoms with van der Waals surface area (Å²) < 4.78 is 12.5. The lowest BCUT2D eigenvalue weighted by molar-refractivity contribution is -0.114. The molecule has 28 heavy (non-hydrogen) atoms. The normalized spacial score (nSPS) is 15.6. The van der Waals surface area contributed by atoms with E-state index in [1.807, 2.05) is 35.9 Å². The quantitative estimate of drug-likeness (QED) is 0.743. The van der Waals surface area contributed by atoms with Crippen LogP contribution in [0.4, 0.5) is 16.2 Å². The average molecular weight is 382 g/mol. The third-order valence-electron chi connectivity index (χ3n) is 4.87. The molecule has 146 valence electrons. The molecule has 1 aromatic carbocycles. The molecule has 2 aromatic rings. The van der Waals surface area contributed by atoms with E-state index < -0.39 is 0 Å². The van der Waals surface area contributed by atoms with Crippen molar-refractivity contribution in [2.24, 2.45) is 0 Å². The number of benzene rings is 1. The molecule has 8 heteroatoms. The molecule has 0 radical (unpaired) electrons. The first-order chi connectivity index (χ1) is 13.6. The highest BCUT2D eigenvalue weighted by Gasteiger charge is 2.26. The van der Waals surface area contributed by atoms with E-state index in [-0.39, 0.29) is 18.5 Å². The van der Waals surface area contributed by atoms with Crippen molar-refractivity contribution >= 4 is 23.4 Å². The summed E-state index contributed by atoms with van der Waals surface area (Å²) in [6.45, 7) is 8.14. The van der Waals surface area contributed by atoms with Gasteiger partial charge in [-0.15, -0.1) is 0 Å². The summed E-state index contributed by atoms with van der Waals surface area (Å²) >= 11 is 0. The van der Waals surface area contributed by atoms with Crippen LogP contribution in [0.15, 0.2) is 36.9 Å². The zero-order valence-corrected chi connectivity index (χ0v) is 15.8. The standard InChI is InChI=1S/C20H22N4O4/c1-3-18(25)23(13-15-11-19-24(21-15)7-4-9-27-19)16-6-5-14(2)17(12-16)22-8-10-28-20(22)26/h3,5-6,11-12H,1,4,7-10,13H2,2H3. The van der Waals surface area contributed by atoms with Crippen molar-refractivity contribution in [1.29, 1.82) is 0 Å². The zero-order chi connectivity index (χ0) is 19.7. The molecule has 3 heterocycles. The SMILES string of the molecule is C=CC(=O)N(Cc1cc2n(n1)CCCO2)c1ccc(C)c(N2CCOC2=O)c1. The van der Waals surface area contributed by atoms with Crippen molar-refractivity contribution in [3.8, 4) is 5.88 Å². The van der Waals surface area contributed by atoms with Gasteiger partial charge in [0.1, 0.15) is 6.61 Å². The summed E-state index contributed by atoms with van der Waals surface area (Å²) in [5.74, 6) is 0.474. The Morgan fingerprint density at radius 2 is 2.14 bits per heavy atom. The van der Waals surface area contributed by atoms with E-state index in [1.54, 1.807) is 9.80 Å². The van der Waals surface area contributed by atoms with Crippen LogP contribution >= 0.6 is 0 Å². The molecule has 8 nitrogen and oxygen atoms in total. The lowest BCUT2D eigenvalue weighted by atomic mass is 10.1. The number of carbonyl (C=O) groups is 2. The molecule has 0 aliphatic carbocycles. The maximum atomic E-state index is 12.6. The molecule has 0 spiro atoms. The van der Waals surface area contributed by atoms with Gasteiger partial charge in [-0.25, -0.2) is 9.48 Å². The molecular weight excluding hydrogens is 360 g/mol. The number of aryl methyl sites for hydroxylation is 2. The van der Waals surface area contributed by atoms with Gasteiger partial charge < -0.3 is 14.4 Å². The number of cyclic esters (lactones) is 1. The Kier molecular flexibility index (Phi) is 4.77. The predicted octanol–water partition coefficient (Wildman–Crippen LogP) is 2.65. The van der Waals surface area contributed by atoms with Crippen LogP contribution in [0.1, 0.15) is 17.7 Å². The molecule has 1 fully saturated rings. The Hall–Kier alpha value is -3.29. The smallest absolute Gasteiger partial charge is 0.414 e. The van der Waals surface area contributed by atoms with Gasteiger partial charge in [0.05, 0.1) is 31.1 Å². The lowest BCUT2D eigenvalue weighted by Gasteiger charge is -2.23. The van der Waals surface area contributed by atoms with Crippen molar-refractivity contribution in [2.45, 2.75) is 26.4 Å². The van der Waals surface area contributed by atoms with Gasteiger partial charge in [0.2, 0.25) is 5.88 Å². The van der Waals surface area contributed by atoms with Gasteiger partial charge in [0.15, 0.2) is 0 Å². The number of ether oxygens (including phenoxy) is 2. The number of carbonyl (C=O) groups excluding carboxylic acids is 2. The lowest BCUT2D eigenvalue weighted by Crippen LogP contribution is -2.30. The minimum Gasteiger partial charge on any atom is -0.478 e. The molecular formula is C20H22N4O4. The van der Waals surface area contributed by atoms with Crippen LogP contribution in [0.3, 0.4) is 0 Å². The third kappa shape index (κ3) is 3.33. The van der Waals surface area contributed by atoms with Crippen LogP contribution in [0.5, 0.6) is 5.88 Å². The number of hydrogen-bond donors (Lipinski definition) is 0. The highest BCUT2D eigenvalue weighted by Crippen LogP contribution is 2.30. The van der Waals surface area contributed by atoms with Gasteiger partial charge in [0.25, 0.3) is 5.91 Å². The Labute approximate surface area is 162 Å². The van der Waals surface area contributed by atoms with Crippen molar-refractivity contribution in [1.82, 2.24) is 9.78 Å². The van der Waals surface area contributed by atoms with Crippen LogP contribution in [0, 0.1) is 6.92 Å². The second-order valence-corrected chi connectivity index (χ2v) is 6.76. The topological polar surface area (TPSA) is 76.9 Å². The van der Waals surface area contributed by atoms with E-state index in [0.717, 1.165) is 35.8 Å². The molecule has 2 aliphatic rings. The van der Waals surface area contributed by atoms with Crippen LogP contribution < -0.4 is 14.5 Å². The second kappa shape index (κ2) is 7.38. The van der Waals surface area contributed by atoms with Crippen LogP contribution in [-0.4, -0.2) is 41.5 Å². The summed E-state index contributed by atoms with van der Waals surface area (Å²) in [4.78, 5) is 27.7. The van der Waals surface area contributed by atoms with Crippen molar-refractivity contribution in [2.75, 3.05) is 29.6 Å². The van der Waals surface area contributed by atoms with E-state index in [2.05, 4.69) is 11.7 Å². The highest BCUT2D eigenvalue weighted by molar-refractivity contribution is 6.01. The maximum absolute atomic E-state index is 12.6. The van der Waals surface area contributed by atoms with Gasteiger partial charge in [-0.2, -0.15) is 5.10 Å². The van der Waals surface area contributed by atoms with Gasteiger partial charge in [-0.3, -0.25) is 9.69 Å². The first-order valence-electron chi connectivity index (χ1n) is 9.25. The Bertz CT molecular complexity index is 913. The number of amides is 2. The van der Waals surface area contributed by atoms with Crippen molar-refractivity contribution in [3.63, 3.8) is 0 Å². The summed E-state index contributed by atoms with van der Waals surface area (Å²) in [5, 5.41) is 4.54. The molecule has 4 rings (SSSR count). The summed E-state index contributed by atoms with van der Waals surface area (Å²) in [7, 11) is 0. The van der Waals surface area contributed by atoms with E-state index in [4.69, 9.17) is 9.47 Å². The van der Waals surface area contributed by atoms with Crippen molar-refractivity contribution < 1.29 is 19.1 Å². The largest absolute Gasteiger partial charge is 0.478 e. The zero-order valence-electron chi connectivity index (χ0n) is 15.8. The summed E-state index contributed by atoms with van der Waals surface area (Å²) in [6, 6.07) is 7.43. The van der Waals surface area contributed by atoms with Gasteiger partial charge >= 0.3 is 6.09 Å². The summed E-state index contributed by atoms with van der Waals surface area (Å²) in [5.41, 5.74) is 3.06. The fraction of sp³-hybridized carbons (Fsp3) is 0.350. The molecule has 2 aliphatic heterocycles. The Morgan fingerprint density at radius 1 is 1.29 bits per heavy atom. The number of rotatable bonds is 5. The highest BCUT2D eigenvalue weighted by atomic mass is 16.6. The molecule has 0 bridgehead atoms. The summed E-state index contributed by atoms with van der Waals surface area (Å²) in [6.07, 6.45) is 1.81. The predicted molar refractivity (Wildman–Crippen MR) is 104 cm³/mol. The van der Waals surface area contributed by atoms with E-state index in [0.29, 0.717) is 25.4 Å². The van der Waals surface area contributed by atoms with Gasteiger partial charge in [-0.1, -0.05) is 12.6 Å². The molecule has 1 saturated heterocycles. The molecule has 0 N–H and O–H groups in total. The second-order valence-electron chi connectivity index (χ2n) is 6.76. The maximum Gasteiger partial charge on any atom is 0.414 e. The van der Waals surface area contributed by atoms with Crippen LogP contribution in [-0.2, 0) is 22.6 Å². The minimum absolute atomic E-state index is 0.245. The Morgan fingerprint density at radius 3 is 2.86 bits per heavy atom. The molecule has 1 aromatic heterocycles. The average Bonchev–Trinajstić information content (AvgIpc) is 3.31. The number of hydrogen-bond acceptors (Lipinski definition) is 5. The minimum atomic E-state index is -0.374. The fourth-order valence-corrected chi connectivity index (χ4v) is 3.43. The van der Waals surface area contributed by atoms with Crippen molar-refractivity contribution in [3.05, 3.63) is 48.2 Å². The molecule has 0 unspecified atom stereocenters. The van der Waals surface area contributed by atoms with E-state index in [1.165, 1.54) is 6.08 Å². The fourth-order valence-electron chi connectivity index (χ4n) is 3.43. The third-order valence-corrected chi connectivity index (χ3v) is 4.87. The number of fused-ring (bicyclic) bond motifs is 1. The first kappa shape index (κ1) is 18.1. The van der Waals surface area contributed by atoms with Gasteiger partial charge in [0, 0.05) is 24.7 Å². The molecule has 0 saturated carbocycles. The number of anilines is 2. The van der Waals surface area contributed by atoms with Crippen LogP contribution in [0.25, 0.3) is 0 Å². The Balaban J connectivity index is 1.66. The van der Waals surface area contributed by atoms with Crippen LogP contribution in [0.2, 0.25) is 0 Å². The van der Waals surface area contributed by atoms with E-state index in [9.17, 15) is 9.59 Å². The first-order valence-corrected chi connectivity index (χ1v) is 9.25. The number of aromatic nitrogens is 2. The monoisotopic (exact) mass is 382 g/mol. The number of nitrogens with zero attached hydrogens (tertiary/aromatic N) is 4. The molecule has 0 atom stereocenters. The van der Waals surface area contributed by atoms with E-state index >= 15 is 0 Å². The van der Waals surface area contributed by atoms with Gasteiger partial charge in [-0.05, 0) is 30.7 Å². The molecule has 2 amide bonds.